The second kappa shape index (κ2) is 10.6. The van der Waals surface area contributed by atoms with Gasteiger partial charge in [0.05, 0.1) is 11.5 Å². The summed E-state index contributed by atoms with van der Waals surface area (Å²) in [4.78, 5) is 2.64. The van der Waals surface area contributed by atoms with Gasteiger partial charge in [-0.2, -0.15) is 4.31 Å². The van der Waals surface area contributed by atoms with Gasteiger partial charge in [0, 0.05) is 42.2 Å². The topological polar surface area (TPSA) is 60.9 Å². The van der Waals surface area contributed by atoms with Crippen LogP contribution in [0.2, 0.25) is 0 Å². The van der Waals surface area contributed by atoms with Gasteiger partial charge in [-0.1, -0.05) is 59.9 Å². The van der Waals surface area contributed by atoms with E-state index in [1.54, 1.807) is 16.4 Å². The number of hydrogen-bond acceptors (Lipinski definition) is 4. The number of hydrogen-bond donors (Lipinski definition) is 1. The molecule has 2 aliphatic heterocycles. The van der Waals surface area contributed by atoms with E-state index in [0.717, 1.165) is 41.6 Å². The summed E-state index contributed by atoms with van der Waals surface area (Å²) in [5.41, 5.74) is 4.06. The second-order valence-electron chi connectivity index (χ2n) is 9.70. The van der Waals surface area contributed by atoms with Gasteiger partial charge in [-0.15, -0.1) is 0 Å². The maximum atomic E-state index is 13.5. The van der Waals surface area contributed by atoms with Crippen LogP contribution in [0.15, 0.2) is 83.8 Å². The van der Waals surface area contributed by atoms with Gasteiger partial charge in [-0.25, -0.2) is 8.42 Å². The molecule has 3 aromatic rings. The first-order chi connectivity index (χ1) is 17.5. The molecule has 0 radical (unpaired) electrons. The number of aliphatic hydroxyl groups is 1. The molecule has 0 aromatic heterocycles. The number of aliphatic hydroxyl groups excluding tert-OH is 1. The van der Waals surface area contributed by atoms with Crippen molar-refractivity contribution in [2.45, 2.75) is 42.7 Å². The molecule has 0 amide bonds. The third kappa shape index (κ3) is 4.98. The van der Waals surface area contributed by atoms with Crippen LogP contribution < -0.4 is 0 Å². The number of fused-ring (bicyclic) bond motifs is 1. The standard InChI is InChI=1S/C30H32N2O3S/c1-23-9-17-27(18-10-23)36(34,35)31-19-5-6-20-32-28(21-31)30(29(32)22-33)26-15-13-25(14-16-26)12-11-24-7-3-2-4-8-24/h2-4,7-10,13-18,28-30,33H,5-6,19-22H2,1H3/t28-,29+,30+/m0/s1. The summed E-state index contributed by atoms with van der Waals surface area (Å²) in [6, 6.07) is 25.2. The number of sulfonamides is 1. The Morgan fingerprint density at radius 2 is 1.50 bits per heavy atom. The van der Waals surface area contributed by atoms with E-state index >= 15 is 0 Å². The predicted octanol–water partition coefficient (Wildman–Crippen LogP) is 4.01. The zero-order chi connectivity index (χ0) is 25.1. The Morgan fingerprint density at radius 1 is 0.861 bits per heavy atom. The molecule has 6 heteroatoms. The molecule has 2 heterocycles. The number of nitrogens with zero attached hydrogens (tertiary/aromatic N) is 2. The Hall–Kier alpha value is -2.95. The molecule has 0 aliphatic carbocycles. The van der Waals surface area contributed by atoms with E-state index in [4.69, 9.17) is 0 Å². The maximum absolute atomic E-state index is 13.5. The highest BCUT2D eigenvalue weighted by molar-refractivity contribution is 7.89. The number of rotatable bonds is 4. The van der Waals surface area contributed by atoms with Crippen LogP contribution in [0.25, 0.3) is 0 Å². The molecular weight excluding hydrogens is 468 g/mol. The lowest BCUT2D eigenvalue weighted by molar-refractivity contribution is -0.0553. The van der Waals surface area contributed by atoms with Gasteiger partial charge in [0.25, 0.3) is 0 Å². The van der Waals surface area contributed by atoms with Crippen molar-refractivity contribution in [3.05, 3.63) is 101 Å². The van der Waals surface area contributed by atoms with Gasteiger partial charge in [0.2, 0.25) is 10.0 Å². The molecule has 1 N–H and O–H groups in total. The van der Waals surface area contributed by atoms with E-state index in [-0.39, 0.29) is 24.6 Å². The van der Waals surface area contributed by atoms with Crippen molar-refractivity contribution in [3.63, 3.8) is 0 Å². The summed E-state index contributed by atoms with van der Waals surface area (Å²) < 4.78 is 28.7. The number of benzene rings is 3. The van der Waals surface area contributed by atoms with Gasteiger partial charge in [0.15, 0.2) is 0 Å². The van der Waals surface area contributed by atoms with E-state index in [1.165, 1.54) is 0 Å². The highest BCUT2D eigenvalue weighted by Crippen LogP contribution is 2.42. The van der Waals surface area contributed by atoms with Crippen LogP contribution in [0.3, 0.4) is 0 Å². The summed E-state index contributed by atoms with van der Waals surface area (Å²) in [5.74, 6) is 6.47. The highest BCUT2D eigenvalue weighted by Gasteiger charge is 2.50. The summed E-state index contributed by atoms with van der Waals surface area (Å²) in [5, 5.41) is 10.2. The minimum atomic E-state index is -3.59. The summed E-state index contributed by atoms with van der Waals surface area (Å²) in [7, 11) is -3.59. The monoisotopic (exact) mass is 500 g/mol. The molecule has 3 aromatic carbocycles. The van der Waals surface area contributed by atoms with Crippen molar-refractivity contribution in [2.75, 3.05) is 26.2 Å². The van der Waals surface area contributed by atoms with E-state index in [1.807, 2.05) is 61.5 Å². The van der Waals surface area contributed by atoms with Crippen LogP contribution in [0.1, 0.15) is 41.0 Å². The van der Waals surface area contributed by atoms with Crippen molar-refractivity contribution in [1.29, 1.82) is 0 Å². The normalized spacial score (nSPS) is 22.9. The molecule has 186 valence electrons. The lowest BCUT2D eigenvalue weighted by atomic mass is 9.74. The summed E-state index contributed by atoms with van der Waals surface area (Å²) in [6.07, 6.45) is 1.72. The van der Waals surface area contributed by atoms with Crippen molar-refractivity contribution < 1.29 is 13.5 Å². The molecule has 0 spiro atoms. The molecule has 5 nitrogen and oxygen atoms in total. The highest BCUT2D eigenvalue weighted by atomic mass is 32.2. The fourth-order valence-corrected chi connectivity index (χ4v) is 6.94. The second-order valence-corrected chi connectivity index (χ2v) is 11.6. The zero-order valence-corrected chi connectivity index (χ0v) is 21.4. The van der Waals surface area contributed by atoms with Gasteiger partial charge < -0.3 is 5.11 Å². The molecule has 2 saturated heterocycles. The maximum Gasteiger partial charge on any atom is 0.243 e. The molecule has 2 aliphatic rings. The van der Waals surface area contributed by atoms with E-state index in [2.05, 4.69) is 28.9 Å². The number of aryl methyl sites for hydroxylation is 1. The third-order valence-corrected chi connectivity index (χ3v) is 9.29. The zero-order valence-electron chi connectivity index (χ0n) is 20.5. The summed E-state index contributed by atoms with van der Waals surface area (Å²) >= 11 is 0. The van der Waals surface area contributed by atoms with Gasteiger partial charge >= 0.3 is 0 Å². The SMILES string of the molecule is Cc1ccc(S(=O)(=O)N2CCCCN3[C@H](CO)[C@H](c4ccc(C#Cc5ccccc5)cc4)[C@@H]3C2)cc1. The van der Waals surface area contributed by atoms with Crippen LogP contribution in [-0.4, -0.2) is 61.1 Å². The van der Waals surface area contributed by atoms with Crippen molar-refractivity contribution in [2.24, 2.45) is 0 Å². The van der Waals surface area contributed by atoms with Gasteiger partial charge in [-0.05, 0) is 68.3 Å². The quantitative estimate of drug-likeness (QED) is 0.550. The van der Waals surface area contributed by atoms with Crippen molar-refractivity contribution in [3.8, 4) is 11.8 Å². The first-order valence-corrected chi connectivity index (χ1v) is 14.0. The molecule has 3 atom stereocenters. The van der Waals surface area contributed by atoms with Gasteiger partial charge in [0.1, 0.15) is 0 Å². The Balaban J connectivity index is 1.38. The molecule has 0 bridgehead atoms. The van der Waals surface area contributed by atoms with E-state index in [0.29, 0.717) is 18.0 Å². The Morgan fingerprint density at radius 3 is 2.17 bits per heavy atom. The predicted molar refractivity (Wildman–Crippen MR) is 142 cm³/mol. The van der Waals surface area contributed by atoms with Crippen molar-refractivity contribution >= 4 is 10.0 Å². The largest absolute Gasteiger partial charge is 0.395 e. The van der Waals surface area contributed by atoms with Gasteiger partial charge in [-0.3, -0.25) is 4.90 Å². The lowest BCUT2D eigenvalue weighted by Gasteiger charge is -2.57. The minimum absolute atomic E-state index is 0.00159. The van der Waals surface area contributed by atoms with Crippen LogP contribution >= 0.6 is 0 Å². The first-order valence-electron chi connectivity index (χ1n) is 12.6. The van der Waals surface area contributed by atoms with Crippen LogP contribution in [-0.2, 0) is 10.0 Å². The van der Waals surface area contributed by atoms with E-state index < -0.39 is 10.0 Å². The molecular formula is C30H32N2O3S. The Bertz CT molecular complexity index is 1340. The molecule has 5 rings (SSSR count). The molecule has 2 fully saturated rings. The molecule has 36 heavy (non-hydrogen) atoms. The Kier molecular flexibility index (Phi) is 7.27. The van der Waals surface area contributed by atoms with Crippen LogP contribution in [0, 0.1) is 18.8 Å². The summed E-state index contributed by atoms with van der Waals surface area (Å²) in [6.45, 7) is 3.84. The molecule has 0 saturated carbocycles. The van der Waals surface area contributed by atoms with Crippen molar-refractivity contribution in [1.82, 2.24) is 9.21 Å². The van der Waals surface area contributed by atoms with E-state index in [9.17, 15) is 13.5 Å². The third-order valence-electron chi connectivity index (χ3n) is 7.41. The first kappa shape index (κ1) is 24.7. The average molecular weight is 501 g/mol. The van der Waals surface area contributed by atoms with Crippen LogP contribution in [0.5, 0.6) is 0 Å². The van der Waals surface area contributed by atoms with Crippen LogP contribution in [0.4, 0.5) is 0 Å². The minimum Gasteiger partial charge on any atom is -0.395 e. The molecule has 0 unspecified atom stereocenters. The smallest absolute Gasteiger partial charge is 0.243 e. The fraction of sp³-hybridized carbons (Fsp3) is 0.333. The Labute approximate surface area is 214 Å². The fourth-order valence-electron chi connectivity index (χ4n) is 5.44. The lowest BCUT2D eigenvalue weighted by Crippen LogP contribution is -2.67. The average Bonchev–Trinajstić information content (AvgIpc) is 2.88.